The smallest absolute Gasteiger partial charge is 0.0594 e. The molecule has 0 amide bonds. The van der Waals surface area contributed by atoms with Crippen molar-refractivity contribution in [1.82, 2.24) is 15.1 Å². The molecule has 0 aromatic rings. The average Bonchev–Trinajstić information content (AvgIpc) is 2.79. The van der Waals surface area contributed by atoms with Gasteiger partial charge >= 0.3 is 0 Å². The van der Waals surface area contributed by atoms with Crippen LogP contribution in [0.5, 0.6) is 0 Å². The molecule has 0 aromatic carbocycles. The van der Waals surface area contributed by atoms with Gasteiger partial charge in [-0.1, -0.05) is 0 Å². The van der Waals surface area contributed by atoms with Gasteiger partial charge < -0.3 is 10.1 Å². The fourth-order valence-electron chi connectivity index (χ4n) is 2.67. The quantitative estimate of drug-likeness (QED) is 0.754. The van der Waals surface area contributed by atoms with Crippen LogP contribution in [0.2, 0.25) is 0 Å². The number of morpholine rings is 1. The number of likely N-dealkylation sites (tertiary alicyclic amines) is 1. The Hall–Kier alpha value is -0.160. The van der Waals surface area contributed by atoms with Crippen LogP contribution in [0.4, 0.5) is 0 Å². The van der Waals surface area contributed by atoms with Gasteiger partial charge in [-0.25, -0.2) is 0 Å². The lowest BCUT2D eigenvalue weighted by Crippen LogP contribution is -2.43. The highest BCUT2D eigenvalue weighted by Crippen LogP contribution is 2.11. The Morgan fingerprint density at radius 2 is 2.00 bits per heavy atom. The van der Waals surface area contributed by atoms with Gasteiger partial charge in [0.25, 0.3) is 0 Å². The van der Waals surface area contributed by atoms with Crippen LogP contribution in [0.15, 0.2) is 0 Å². The number of nitrogens with zero attached hydrogens (tertiary/aromatic N) is 2. The van der Waals surface area contributed by atoms with E-state index in [9.17, 15) is 0 Å². The van der Waals surface area contributed by atoms with Crippen molar-refractivity contribution in [3.8, 4) is 0 Å². The second-order valence-corrected chi connectivity index (χ2v) is 5.48. The van der Waals surface area contributed by atoms with Crippen molar-refractivity contribution in [3.63, 3.8) is 0 Å². The summed E-state index contributed by atoms with van der Waals surface area (Å²) in [5.41, 5.74) is 0. The number of ether oxygens (including phenoxy) is 1. The Morgan fingerprint density at radius 1 is 1.24 bits per heavy atom. The summed E-state index contributed by atoms with van der Waals surface area (Å²) in [6.07, 6.45) is 1.31. The second kappa shape index (κ2) is 6.69. The minimum atomic E-state index is 0.695. The van der Waals surface area contributed by atoms with E-state index in [0.29, 0.717) is 12.1 Å². The van der Waals surface area contributed by atoms with Gasteiger partial charge in [-0.2, -0.15) is 0 Å². The molecule has 0 radical (unpaired) electrons. The molecule has 2 aliphatic rings. The molecule has 2 heterocycles. The largest absolute Gasteiger partial charge is 0.379 e. The zero-order valence-electron chi connectivity index (χ0n) is 11.3. The van der Waals surface area contributed by atoms with E-state index in [-0.39, 0.29) is 0 Å². The highest BCUT2D eigenvalue weighted by Gasteiger charge is 2.23. The summed E-state index contributed by atoms with van der Waals surface area (Å²) < 4.78 is 5.35. The molecule has 0 aliphatic carbocycles. The topological polar surface area (TPSA) is 27.7 Å². The molecule has 2 fully saturated rings. The van der Waals surface area contributed by atoms with Gasteiger partial charge in [0.05, 0.1) is 13.2 Å². The molecule has 1 N–H and O–H groups in total. The maximum absolute atomic E-state index is 5.35. The number of hydrogen-bond donors (Lipinski definition) is 1. The van der Waals surface area contributed by atoms with Crippen molar-refractivity contribution < 1.29 is 4.74 Å². The first-order chi connectivity index (χ1) is 8.25. The molecule has 1 unspecified atom stereocenters. The molecule has 100 valence electrons. The maximum atomic E-state index is 5.35. The summed E-state index contributed by atoms with van der Waals surface area (Å²) in [6.45, 7) is 13.4. The monoisotopic (exact) mass is 241 g/mol. The molecule has 0 saturated carbocycles. The van der Waals surface area contributed by atoms with E-state index in [2.05, 4.69) is 29.0 Å². The summed E-state index contributed by atoms with van der Waals surface area (Å²) in [4.78, 5) is 5.05. The highest BCUT2D eigenvalue weighted by molar-refractivity contribution is 4.82. The molecule has 2 aliphatic heterocycles. The summed E-state index contributed by atoms with van der Waals surface area (Å²) in [5, 5.41) is 3.69. The third kappa shape index (κ3) is 4.21. The van der Waals surface area contributed by atoms with Crippen molar-refractivity contribution >= 4 is 0 Å². The molecule has 2 saturated heterocycles. The van der Waals surface area contributed by atoms with Gasteiger partial charge in [0, 0.05) is 44.8 Å². The van der Waals surface area contributed by atoms with Crippen LogP contribution >= 0.6 is 0 Å². The lowest BCUT2D eigenvalue weighted by Gasteiger charge is -2.27. The Morgan fingerprint density at radius 3 is 2.65 bits per heavy atom. The Kier molecular flexibility index (Phi) is 5.22. The summed E-state index contributed by atoms with van der Waals surface area (Å²) >= 11 is 0. The summed E-state index contributed by atoms with van der Waals surface area (Å²) in [6, 6.07) is 1.40. The van der Waals surface area contributed by atoms with Gasteiger partial charge in [-0.05, 0) is 26.8 Å². The number of hydrogen-bond acceptors (Lipinski definition) is 4. The normalized spacial score (nSPS) is 28.1. The molecule has 2 rings (SSSR count). The van der Waals surface area contributed by atoms with Crippen LogP contribution in [0.1, 0.15) is 20.3 Å². The van der Waals surface area contributed by atoms with Crippen molar-refractivity contribution in [2.24, 2.45) is 0 Å². The van der Waals surface area contributed by atoms with E-state index in [4.69, 9.17) is 4.74 Å². The molecule has 1 atom stereocenters. The highest BCUT2D eigenvalue weighted by atomic mass is 16.5. The first-order valence-electron chi connectivity index (χ1n) is 7.03. The SMILES string of the molecule is CC(C)N1CCC(NCCN2CCOCC2)C1. The third-order valence-corrected chi connectivity index (χ3v) is 3.91. The fourth-order valence-corrected chi connectivity index (χ4v) is 2.67. The first-order valence-corrected chi connectivity index (χ1v) is 7.03. The Balaban J connectivity index is 1.56. The molecule has 4 heteroatoms. The first kappa shape index (κ1) is 13.3. The number of nitrogens with one attached hydrogen (secondary N) is 1. The van der Waals surface area contributed by atoms with Crippen LogP contribution in [0.3, 0.4) is 0 Å². The lowest BCUT2D eigenvalue weighted by molar-refractivity contribution is 0.0381. The molecule has 0 spiro atoms. The van der Waals surface area contributed by atoms with Gasteiger partial charge in [-0.3, -0.25) is 9.80 Å². The molecular weight excluding hydrogens is 214 g/mol. The molecule has 4 nitrogen and oxygen atoms in total. The van der Waals surface area contributed by atoms with Crippen LogP contribution in [0.25, 0.3) is 0 Å². The van der Waals surface area contributed by atoms with E-state index in [0.717, 1.165) is 32.8 Å². The van der Waals surface area contributed by atoms with Gasteiger partial charge in [0.1, 0.15) is 0 Å². The van der Waals surface area contributed by atoms with E-state index in [1.165, 1.54) is 26.1 Å². The van der Waals surface area contributed by atoms with E-state index in [1.54, 1.807) is 0 Å². The van der Waals surface area contributed by atoms with E-state index < -0.39 is 0 Å². The fraction of sp³-hybridized carbons (Fsp3) is 1.00. The van der Waals surface area contributed by atoms with Crippen LogP contribution in [-0.2, 0) is 4.74 Å². The van der Waals surface area contributed by atoms with Crippen molar-refractivity contribution in [2.75, 3.05) is 52.5 Å². The summed E-state index contributed by atoms with van der Waals surface area (Å²) in [5.74, 6) is 0. The maximum Gasteiger partial charge on any atom is 0.0594 e. The predicted octanol–water partition coefficient (Wildman–Crippen LogP) is 0.391. The molecular formula is C13H27N3O. The molecule has 0 aromatic heterocycles. The third-order valence-electron chi connectivity index (χ3n) is 3.91. The summed E-state index contributed by atoms with van der Waals surface area (Å²) in [7, 11) is 0. The number of rotatable bonds is 5. The van der Waals surface area contributed by atoms with Gasteiger partial charge in [0.15, 0.2) is 0 Å². The molecule has 17 heavy (non-hydrogen) atoms. The predicted molar refractivity (Wildman–Crippen MR) is 70.4 cm³/mol. The second-order valence-electron chi connectivity index (χ2n) is 5.48. The zero-order valence-corrected chi connectivity index (χ0v) is 11.3. The van der Waals surface area contributed by atoms with Crippen LogP contribution in [0, 0.1) is 0 Å². The Labute approximate surface area is 105 Å². The standard InChI is InChI=1S/C13H27N3O/c1-12(2)16-5-3-13(11-16)14-4-6-15-7-9-17-10-8-15/h12-14H,3-11H2,1-2H3. The van der Waals surface area contributed by atoms with Gasteiger partial charge in [0.2, 0.25) is 0 Å². The van der Waals surface area contributed by atoms with Gasteiger partial charge in [-0.15, -0.1) is 0 Å². The lowest BCUT2D eigenvalue weighted by atomic mass is 10.2. The van der Waals surface area contributed by atoms with E-state index in [1.807, 2.05) is 0 Å². The van der Waals surface area contributed by atoms with Crippen molar-refractivity contribution in [1.29, 1.82) is 0 Å². The van der Waals surface area contributed by atoms with Crippen molar-refractivity contribution in [3.05, 3.63) is 0 Å². The average molecular weight is 241 g/mol. The van der Waals surface area contributed by atoms with E-state index >= 15 is 0 Å². The minimum absolute atomic E-state index is 0.695. The Bertz CT molecular complexity index is 217. The molecule has 0 bridgehead atoms. The van der Waals surface area contributed by atoms with Crippen molar-refractivity contribution in [2.45, 2.75) is 32.4 Å². The van der Waals surface area contributed by atoms with Crippen LogP contribution in [-0.4, -0.2) is 74.4 Å². The van der Waals surface area contributed by atoms with Crippen LogP contribution < -0.4 is 5.32 Å². The minimum Gasteiger partial charge on any atom is -0.379 e. The zero-order chi connectivity index (χ0) is 12.1.